The highest BCUT2D eigenvalue weighted by Crippen LogP contribution is 2.33. The number of methoxy groups -OCH3 is 2. The first-order valence-corrected chi connectivity index (χ1v) is 9.26. The zero-order valence-corrected chi connectivity index (χ0v) is 16.3. The van der Waals surface area contributed by atoms with E-state index in [1.54, 1.807) is 18.8 Å². The number of ether oxygens (including phenoxy) is 2. The fourth-order valence-corrected chi connectivity index (χ4v) is 3.38. The number of rotatable bonds is 6. The smallest absolute Gasteiger partial charge is 0.420 e. The summed E-state index contributed by atoms with van der Waals surface area (Å²) in [6.07, 6.45) is 0. The number of hydrogen-bond donors (Lipinski definition) is 0. The SMILES string of the molecule is COc1ccc(Cn2c(-c3ccccc3)c(-c3ccccc3)oc2=O)cc1OC. The molecule has 146 valence electrons. The van der Waals surface area contributed by atoms with Gasteiger partial charge in [0.2, 0.25) is 0 Å². The minimum atomic E-state index is -0.405. The summed E-state index contributed by atoms with van der Waals surface area (Å²) in [5.41, 5.74) is 3.42. The first kappa shape index (κ1) is 18.6. The number of oxazole rings is 1. The van der Waals surface area contributed by atoms with Crippen molar-refractivity contribution in [1.82, 2.24) is 4.57 Å². The third-order valence-corrected chi connectivity index (χ3v) is 4.77. The molecule has 0 aliphatic carbocycles. The highest BCUT2D eigenvalue weighted by molar-refractivity contribution is 5.77. The van der Waals surface area contributed by atoms with Gasteiger partial charge in [0.1, 0.15) is 0 Å². The van der Waals surface area contributed by atoms with Gasteiger partial charge in [-0.05, 0) is 17.7 Å². The fraction of sp³-hybridized carbons (Fsp3) is 0.125. The molecule has 0 spiro atoms. The maximum absolute atomic E-state index is 12.8. The van der Waals surface area contributed by atoms with E-state index in [-0.39, 0.29) is 0 Å². The molecule has 0 radical (unpaired) electrons. The van der Waals surface area contributed by atoms with Crippen molar-refractivity contribution >= 4 is 0 Å². The second kappa shape index (κ2) is 8.10. The van der Waals surface area contributed by atoms with Gasteiger partial charge in [0.25, 0.3) is 0 Å². The molecular formula is C24H21NO4. The van der Waals surface area contributed by atoms with E-state index in [2.05, 4.69) is 0 Å². The highest BCUT2D eigenvalue weighted by Gasteiger charge is 2.20. The Kier molecular flexibility index (Phi) is 5.20. The summed E-state index contributed by atoms with van der Waals surface area (Å²) in [5, 5.41) is 0. The van der Waals surface area contributed by atoms with Gasteiger partial charge >= 0.3 is 5.76 Å². The molecule has 0 saturated carbocycles. The minimum Gasteiger partial charge on any atom is -0.493 e. The minimum absolute atomic E-state index is 0.347. The van der Waals surface area contributed by atoms with Crippen LogP contribution in [0.1, 0.15) is 5.56 Å². The van der Waals surface area contributed by atoms with E-state index in [0.29, 0.717) is 23.8 Å². The molecule has 29 heavy (non-hydrogen) atoms. The standard InChI is InChI=1S/C24H21NO4/c1-27-20-14-13-17(15-21(20)28-2)16-25-22(18-9-5-3-6-10-18)23(29-24(25)26)19-11-7-4-8-12-19/h3-15H,16H2,1-2H3. The van der Waals surface area contributed by atoms with E-state index in [0.717, 1.165) is 22.4 Å². The van der Waals surface area contributed by atoms with Gasteiger partial charge in [-0.15, -0.1) is 0 Å². The normalized spacial score (nSPS) is 10.7. The summed E-state index contributed by atoms with van der Waals surface area (Å²) in [5.74, 6) is 1.41. The van der Waals surface area contributed by atoms with Gasteiger partial charge in [-0.25, -0.2) is 4.79 Å². The molecule has 0 amide bonds. The largest absolute Gasteiger partial charge is 0.493 e. The van der Waals surface area contributed by atoms with Crippen LogP contribution in [0.4, 0.5) is 0 Å². The molecule has 0 saturated heterocycles. The molecule has 0 aliphatic heterocycles. The van der Waals surface area contributed by atoms with Crippen molar-refractivity contribution in [1.29, 1.82) is 0 Å². The van der Waals surface area contributed by atoms with Crippen molar-refractivity contribution in [2.45, 2.75) is 6.54 Å². The molecule has 0 unspecified atom stereocenters. The van der Waals surface area contributed by atoms with Crippen molar-refractivity contribution in [3.63, 3.8) is 0 Å². The predicted octanol–water partition coefficient (Wildman–Crippen LogP) is 4.84. The molecule has 0 N–H and O–H groups in total. The lowest BCUT2D eigenvalue weighted by atomic mass is 10.1. The molecule has 0 bridgehead atoms. The maximum atomic E-state index is 12.8. The number of hydrogen-bond acceptors (Lipinski definition) is 4. The molecule has 0 atom stereocenters. The Bertz CT molecular complexity index is 1160. The lowest BCUT2D eigenvalue weighted by Crippen LogP contribution is -2.16. The fourth-order valence-electron chi connectivity index (χ4n) is 3.38. The lowest BCUT2D eigenvalue weighted by Gasteiger charge is -2.12. The van der Waals surface area contributed by atoms with Crippen LogP contribution in [0.5, 0.6) is 11.5 Å². The average molecular weight is 387 g/mol. The Balaban J connectivity index is 1.86. The van der Waals surface area contributed by atoms with E-state index in [1.807, 2.05) is 78.9 Å². The van der Waals surface area contributed by atoms with Gasteiger partial charge in [0.05, 0.1) is 26.5 Å². The summed E-state index contributed by atoms with van der Waals surface area (Å²) in [4.78, 5) is 12.8. The Morgan fingerprint density at radius 2 is 1.41 bits per heavy atom. The van der Waals surface area contributed by atoms with Crippen LogP contribution in [0.2, 0.25) is 0 Å². The Morgan fingerprint density at radius 1 is 0.793 bits per heavy atom. The van der Waals surface area contributed by atoms with Crippen LogP contribution in [-0.4, -0.2) is 18.8 Å². The van der Waals surface area contributed by atoms with Crippen LogP contribution in [0.25, 0.3) is 22.6 Å². The van der Waals surface area contributed by atoms with Crippen molar-refractivity contribution in [2.24, 2.45) is 0 Å². The maximum Gasteiger partial charge on any atom is 0.420 e. The van der Waals surface area contributed by atoms with E-state index >= 15 is 0 Å². The molecule has 4 aromatic rings. The van der Waals surface area contributed by atoms with Crippen LogP contribution in [0.3, 0.4) is 0 Å². The van der Waals surface area contributed by atoms with Crippen molar-refractivity contribution < 1.29 is 13.9 Å². The van der Waals surface area contributed by atoms with Crippen LogP contribution in [0.15, 0.2) is 88.1 Å². The second-order valence-corrected chi connectivity index (χ2v) is 6.55. The van der Waals surface area contributed by atoms with Gasteiger partial charge in [-0.2, -0.15) is 0 Å². The second-order valence-electron chi connectivity index (χ2n) is 6.55. The van der Waals surface area contributed by atoms with Gasteiger partial charge in [-0.3, -0.25) is 4.57 Å². The Morgan fingerprint density at radius 3 is 2.03 bits per heavy atom. The number of nitrogens with zero attached hydrogens (tertiary/aromatic N) is 1. The van der Waals surface area contributed by atoms with Crippen molar-refractivity contribution in [3.8, 4) is 34.1 Å². The van der Waals surface area contributed by atoms with Gasteiger partial charge in [-0.1, -0.05) is 66.7 Å². The summed E-state index contributed by atoms with van der Waals surface area (Å²) in [7, 11) is 3.19. The predicted molar refractivity (Wildman–Crippen MR) is 112 cm³/mol. The molecule has 5 heteroatoms. The highest BCUT2D eigenvalue weighted by atomic mass is 16.5. The number of benzene rings is 3. The van der Waals surface area contributed by atoms with Crippen molar-refractivity contribution in [2.75, 3.05) is 14.2 Å². The molecule has 0 fully saturated rings. The molecule has 1 heterocycles. The topological polar surface area (TPSA) is 53.6 Å². The third-order valence-electron chi connectivity index (χ3n) is 4.77. The summed E-state index contributed by atoms with van der Waals surface area (Å²) in [6, 6.07) is 25.1. The first-order valence-electron chi connectivity index (χ1n) is 9.26. The molecule has 1 aromatic heterocycles. The third kappa shape index (κ3) is 3.67. The first-order chi connectivity index (χ1) is 14.2. The van der Waals surface area contributed by atoms with E-state index in [1.165, 1.54) is 0 Å². The molecule has 4 rings (SSSR count). The average Bonchev–Trinajstić information content (AvgIpc) is 3.10. The van der Waals surface area contributed by atoms with Crippen molar-refractivity contribution in [3.05, 3.63) is 95.0 Å². The van der Waals surface area contributed by atoms with Crippen LogP contribution in [0, 0.1) is 0 Å². The summed E-state index contributed by atoms with van der Waals surface area (Å²) >= 11 is 0. The quantitative estimate of drug-likeness (QED) is 0.475. The molecule has 0 aliphatic rings. The van der Waals surface area contributed by atoms with Crippen LogP contribution in [-0.2, 0) is 6.54 Å². The van der Waals surface area contributed by atoms with Crippen LogP contribution < -0.4 is 15.2 Å². The Labute approximate surface area is 168 Å². The molecule has 5 nitrogen and oxygen atoms in total. The molecular weight excluding hydrogens is 366 g/mol. The van der Waals surface area contributed by atoms with E-state index in [9.17, 15) is 4.79 Å². The van der Waals surface area contributed by atoms with E-state index in [4.69, 9.17) is 13.9 Å². The lowest BCUT2D eigenvalue weighted by molar-refractivity contribution is 0.354. The number of aromatic nitrogens is 1. The summed E-state index contributed by atoms with van der Waals surface area (Å²) < 4.78 is 18.1. The zero-order valence-electron chi connectivity index (χ0n) is 16.3. The monoisotopic (exact) mass is 387 g/mol. The zero-order chi connectivity index (χ0) is 20.2. The van der Waals surface area contributed by atoms with E-state index < -0.39 is 5.76 Å². The van der Waals surface area contributed by atoms with Gasteiger partial charge in [0.15, 0.2) is 17.3 Å². The molecule has 3 aromatic carbocycles. The van der Waals surface area contributed by atoms with Gasteiger partial charge < -0.3 is 13.9 Å². The summed E-state index contributed by atoms with van der Waals surface area (Å²) in [6.45, 7) is 0.347. The van der Waals surface area contributed by atoms with Crippen LogP contribution >= 0.6 is 0 Å². The Hall–Kier alpha value is -3.73. The van der Waals surface area contributed by atoms with Gasteiger partial charge in [0, 0.05) is 11.1 Å².